The lowest BCUT2D eigenvalue weighted by Crippen LogP contribution is -2.47. The van der Waals surface area contributed by atoms with Crippen molar-refractivity contribution in [2.45, 2.75) is 81.8 Å². The molecule has 0 radical (unpaired) electrons. The van der Waals surface area contributed by atoms with Gasteiger partial charge in [-0.25, -0.2) is 0 Å². The van der Waals surface area contributed by atoms with Gasteiger partial charge in [-0.15, -0.1) is 0 Å². The molecule has 6 unspecified atom stereocenters. The van der Waals surface area contributed by atoms with Crippen LogP contribution in [0.4, 0.5) is 0 Å². The summed E-state index contributed by atoms with van der Waals surface area (Å²) in [4.78, 5) is 0. The second-order valence-electron chi connectivity index (χ2n) is 6.74. The Bertz CT molecular complexity index is 307. The summed E-state index contributed by atoms with van der Waals surface area (Å²) in [5.41, 5.74) is 0. The third-order valence-electron chi connectivity index (χ3n) is 5.36. The fourth-order valence-corrected chi connectivity index (χ4v) is 6.48. The van der Waals surface area contributed by atoms with E-state index in [9.17, 15) is 4.21 Å². The lowest BCUT2D eigenvalue weighted by atomic mass is 9.84. The molecule has 112 valence electrons. The van der Waals surface area contributed by atoms with Crippen molar-refractivity contribution in [1.29, 1.82) is 0 Å². The SMILES string of the molecule is CCC1CCC(NC)C(S(=O)C2CCCC(C)C2)C1. The fourth-order valence-electron chi connectivity index (χ4n) is 4.01. The van der Waals surface area contributed by atoms with Gasteiger partial charge in [-0.05, 0) is 51.0 Å². The molecule has 2 aliphatic carbocycles. The average molecular weight is 285 g/mol. The predicted molar refractivity (Wildman–Crippen MR) is 83.8 cm³/mol. The van der Waals surface area contributed by atoms with Crippen LogP contribution in [0.5, 0.6) is 0 Å². The van der Waals surface area contributed by atoms with Gasteiger partial charge in [0.05, 0.1) is 5.25 Å². The summed E-state index contributed by atoms with van der Waals surface area (Å²) >= 11 is 0. The van der Waals surface area contributed by atoms with E-state index in [1.807, 2.05) is 7.05 Å². The van der Waals surface area contributed by atoms with E-state index in [1.165, 1.54) is 51.4 Å². The molecule has 3 heteroatoms. The molecule has 2 rings (SSSR count). The quantitative estimate of drug-likeness (QED) is 0.857. The van der Waals surface area contributed by atoms with Crippen molar-refractivity contribution >= 4 is 10.8 Å². The molecular formula is C16H31NOS. The molecule has 0 aromatic carbocycles. The Hall–Kier alpha value is 0.110. The fraction of sp³-hybridized carbons (Fsp3) is 1.00. The van der Waals surface area contributed by atoms with Gasteiger partial charge in [0.1, 0.15) is 0 Å². The summed E-state index contributed by atoms with van der Waals surface area (Å²) < 4.78 is 13.0. The smallest absolute Gasteiger partial charge is 0.0506 e. The van der Waals surface area contributed by atoms with Gasteiger partial charge in [0.25, 0.3) is 0 Å². The molecule has 2 nitrogen and oxygen atoms in total. The third kappa shape index (κ3) is 3.81. The van der Waals surface area contributed by atoms with Gasteiger partial charge in [-0.3, -0.25) is 4.21 Å². The molecule has 0 amide bonds. The van der Waals surface area contributed by atoms with Gasteiger partial charge in [0.15, 0.2) is 0 Å². The molecule has 0 spiro atoms. The maximum Gasteiger partial charge on any atom is 0.0506 e. The summed E-state index contributed by atoms with van der Waals surface area (Å²) in [7, 11) is 1.42. The molecule has 0 aromatic heterocycles. The molecule has 2 fully saturated rings. The van der Waals surface area contributed by atoms with E-state index in [0.29, 0.717) is 16.5 Å². The Morgan fingerprint density at radius 2 is 1.95 bits per heavy atom. The summed E-state index contributed by atoms with van der Waals surface area (Å²) in [6.07, 6.45) is 9.98. The van der Waals surface area contributed by atoms with E-state index < -0.39 is 10.8 Å². The molecule has 1 N–H and O–H groups in total. The molecule has 6 atom stereocenters. The molecule has 2 saturated carbocycles. The summed E-state index contributed by atoms with van der Waals surface area (Å²) in [6.45, 7) is 4.61. The molecule has 0 aromatic rings. The molecule has 0 bridgehead atoms. The molecule has 0 saturated heterocycles. The summed E-state index contributed by atoms with van der Waals surface area (Å²) in [6, 6.07) is 0.487. The Labute approximate surface area is 121 Å². The minimum Gasteiger partial charge on any atom is -0.316 e. The zero-order valence-corrected chi connectivity index (χ0v) is 13.7. The number of nitrogens with one attached hydrogen (secondary N) is 1. The average Bonchev–Trinajstić information content (AvgIpc) is 2.45. The van der Waals surface area contributed by atoms with Gasteiger partial charge in [0, 0.05) is 22.1 Å². The first-order valence-electron chi connectivity index (χ1n) is 8.22. The largest absolute Gasteiger partial charge is 0.316 e. The first-order chi connectivity index (χ1) is 9.15. The Morgan fingerprint density at radius 3 is 2.58 bits per heavy atom. The maximum absolute atomic E-state index is 13.0. The second-order valence-corrected chi connectivity index (χ2v) is 8.67. The maximum atomic E-state index is 13.0. The Kier molecular flexibility index (Phi) is 5.88. The van der Waals surface area contributed by atoms with Crippen LogP contribution >= 0.6 is 0 Å². The van der Waals surface area contributed by atoms with Crippen molar-refractivity contribution in [1.82, 2.24) is 5.32 Å². The normalized spacial score (nSPS) is 41.9. The number of hydrogen-bond donors (Lipinski definition) is 1. The van der Waals surface area contributed by atoms with Crippen molar-refractivity contribution in [3.8, 4) is 0 Å². The summed E-state index contributed by atoms with van der Waals surface area (Å²) in [5.74, 6) is 1.58. The zero-order valence-electron chi connectivity index (χ0n) is 12.9. The van der Waals surface area contributed by atoms with E-state index >= 15 is 0 Å². The highest BCUT2D eigenvalue weighted by atomic mass is 32.2. The van der Waals surface area contributed by atoms with E-state index in [0.717, 1.165) is 11.8 Å². The van der Waals surface area contributed by atoms with Crippen LogP contribution in [0, 0.1) is 11.8 Å². The second kappa shape index (κ2) is 7.21. The van der Waals surface area contributed by atoms with Crippen molar-refractivity contribution in [3.63, 3.8) is 0 Å². The van der Waals surface area contributed by atoms with Crippen LogP contribution in [0.25, 0.3) is 0 Å². The van der Waals surface area contributed by atoms with Crippen molar-refractivity contribution in [3.05, 3.63) is 0 Å². The molecular weight excluding hydrogens is 254 g/mol. The van der Waals surface area contributed by atoms with Crippen molar-refractivity contribution in [2.75, 3.05) is 7.05 Å². The van der Waals surface area contributed by atoms with Crippen LogP contribution < -0.4 is 5.32 Å². The van der Waals surface area contributed by atoms with E-state index in [2.05, 4.69) is 19.2 Å². The molecule has 0 heterocycles. The predicted octanol–water partition coefficient (Wildman–Crippen LogP) is 3.48. The monoisotopic (exact) mass is 285 g/mol. The lowest BCUT2D eigenvalue weighted by Gasteiger charge is -2.38. The molecule has 0 aliphatic heterocycles. The highest BCUT2D eigenvalue weighted by molar-refractivity contribution is 7.86. The van der Waals surface area contributed by atoms with Crippen LogP contribution in [0.2, 0.25) is 0 Å². The van der Waals surface area contributed by atoms with Crippen molar-refractivity contribution in [2.24, 2.45) is 11.8 Å². The number of hydrogen-bond acceptors (Lipinski definition) is 2. The first-order valence-corrected chi connectivity index (χ1v) is 9.49. The lowest BCUT2D eigenvalue weighted by molar-refractivity contribution is 0.297. The first kappa shape index (κ1) is 15.5. The minimum absolute atomic E-state index is 0.402. The van der Waals surface area contributed by atoms with Gasteiger partial charge >= 0.3 is 0 Å². The van der Waals surface area contributed by atoms with Gasteiger partial charge in [-0.1, -0.05) is 33.1 Å². The molecule has 2 aliphatic rings. The minimum atomic E-state index is -0.628. The van der Waals surface area contributed by atoms with E-state index in [4.69, 9.17) is 0 Å². The standard InChI is InChI=1S/C16H31NOS/c1-4-13-8-9-15(17-3)16(11-13)19(18)14-7-5-6-12(2)10-14/h12-17H,4-11H2,1-3H3. The van der Waals surface area contributed by atoms with E-state index in [1.54, 1.807) is 0 Å². The number of rotatable bonds is 4. The van der Waals surface area contributed by atoms with Crippen LogP contribution in [-0.2, 0) is 10.8 Å². The van der Waals surface area contributed by atoms with E-state index in [-0.39, 0.29) is 0 Å². The van der Waals surface area contributed by atoms with Crippen molar-refractivity contribution < 1.29 is 4.21 Å². The van der Waals surface area contributed by atoms with Gasteiger partial charge in [-0.2, -0.15) is 0 Å². The van der Waals surface area contributed by atoms with Crippen LogP contribution in [0.3, 0.4) is 0 Å². The Balaban J connectivity index is 2.01. The third-order valence-corrected chi connectivity index (χ3v) is 7.57. The van der Waals surface area contributed by atoms with Gasteiger partial charge < -0.3 is 5.32 Å². The zero-order chi connectivity index (χ0) is 13.8. The highest BCUT2D eigenvalue weighted by Crippen LogP contribution is 2.35. The van der Waals surface area contributed by atoms with Crippen LogP contribution in [0.15, 0.2) is 0 Å². The summed E-state index contributed by atoms with van der Waals surface area (Å²) in [5, 5.41) is 4.31. The topological polar surface area (TPSA) is 29.1 Å². The highest BCUT2D eigenvalue weighted by Gasteiger charge is 2.37. The van der Waals surface area contributed by atoms with Crippen LogP contribution in [-0.4, -0.2) is 27.8 Å². The van der Waals surface area contributed by atoms with Gasteiger partial charge in [0.2, 0.25) is 0 Å². The Morgan fingerprint density at radius 1 is 1.16 bits per heavy atom. The molecule has 19 heavy (non-hydrogen) atoms. The van der Waals surface area contributed by atoms with Crippen LogP contribution in [0.1, 0.15) is 65.2 Å².